The van der Waals surface area contributed by atoms with Crippen LogP contribution in [0, 0.1) is 6.92 Å². The topological polar surface area (TPSA) is 102 Å². The minimum Gasteiger partial charge on any atom is -0.223 e. The molecule has 3 aromatic rings. The van der Waals surface area contributed by atoms with E-state index in [4.69, 9.17) is 0 Å². The normalized spacial score (nSPS) is 12.8. The molecule has 0 unspecified atom stereocenters. The molecule has 9 heteroatoms. The van der Waals surface area contributed by atoms with Crippen molar-refractivity contribution in [2.45, 2.75) is 35.5 Å². The van der Waals surface area contributed by atoms with E-state index in [2.05, 4.69) is 0 Å². The predicted molar refractivity (Wildman–Crippen MR) is 137 cm³/mol. The number of rotatable bonds is 8. The summed E-state index contributed by atoms with van der Waals surface area (Å²) in [5, 5.41) is 0. The van der Waals surface area contributed by atoms with Gasteiger partial charge in [0.15, 0.2) is 9.84 Å². The molecule has 6 nitrogen and oxygen atoms in total. The molecule has 0 aliphatic rings. The average Bonchev–Trinajstić information content (AvgIpc) is 2.82. The number of benzene rings is 3. The van der Waals surface area contributed by atoms with Crippen LogP contribution in [-0.4, -0.2) is 31.0 Å². The highest BCUT2D eigenvalue weighted by Gasteiger charge is 2.34. The van der Waals surface area contributed by atoms with E-state index in [1.54, 1.807) is 24.3 Å². The van der Waals surface area contributed by atoms with Crippen molar-refractivity contribution >= 4 is 29.5 Å². The molecule has 3 aromatic carbocycles. The lowest BCUT2D eigenvalue weighted by Gasteiger charge is -2.16. The van der Waals surface area contributed by atoms with Crippen molar-refractivity contribution < 1.29 is 25.3 Å². The molecule has 0 spiro atoms. The summed E-state index contributed by atoms with van der Waals surface area (Å²) in [5.41, 5.74) is 1.08. The monoisotopic (exact) mass is 530 g/mol. The van der Waals surface area contributed by atoms with Gasteiger partial charge in [-0.05, 0) is 63.2 Å². The van der Waals surface area contributed by atoms with E-state index in [0.717, 1.165) is 11.6 Å². The van der Waals surface area contributed by atoms with Crippen LogP contribution >= 0.6 is 0 Å². The molecule has 0 aliphatic heterocycles. The molecule has 0 bridgehead atoms. The highest BCUT2D eigenvalue weighted by Crippen LogP contribution is 2.34. The standard InChI is InChI=1S/C26H26O6S3/c1-20(2)26(35(31,32)24-12-8-5-9-13-24)25(34(29,30)23-10-6-4-7-11-23)18-19-33(27,28)22-16-14-21(3)15-17-22/h4-18H,19H2,1-3H3/b25-18-. The highest BCUT2D eigenvalue weighted by atomic mass is 32.2. The number of sulfone groups is 3. The van der Waals surface area contributed by atoms with Gasteiger partial charge in [-0.2, -0.15) is 0 Å². The summed E-state index contributed by atoms with van der Waals surface area (Å²) in [5.74, 6) is -0.696. The first-order valence-electron chi connectivity index (χ1n) is 10.6. The van der Waals surface area contributed by atoms with Gasteiger partial charge in [0.05, 0.1) is 30.2 Å². The van der Waals surface area contributed by atoms with Gasteiger partial charge in [-0.1, -0.05) is 59.7 Å². The summed E-state index contributed by atoms with van der Waals surface area (Å²) in [7, 11) is -12.6. The number of hydrogen-bond acceptors (Lipinski definition) is 6. The number of aryl methyl sites for hydroxylation is 1. The molecular weight excluding hydrogens is 504 g/mol. The third kappa shape index (κ3) is 5.80. The second-order valence-corrected chi connectivity index (χ2v) is 14.0. The molecule has 184 valence electrons. The minimum atomic E-state index is -4.39. The van der Waals surface area contributed by atoms with Gasteiger partial charge in [-0.15, -0.1) is 0 Å². The molecule has 0 aromatic heterocycles. The fourth-order valence-corrected chi connectivity index (χ4v) is 8.49. The smallest absolute Gasteiger partial charge is 0.207 e. The van der Waals surface area contributed by atoms with E-state index in [0.29, 0.717) is 0 Å². The Bertz CT molecular complexity index is 1580. The molecule has 3 rings (SSSR count). The van der Waals surface area contributed by atoms with Gasteiger partial charge in [0.2, 0.25) is 19.7 Å². The molecule has 0 saturated carbocycles. The predicted octanol–water partition coefficient (Wildman–Crippen LogP) is 4.89. The Kier molecular flexibility index (Phi) is 7.83. The van der Waals surface area contributed by atoms with Crippen molar-refractivity contribution in [2.75, 3.05) is 5.75 Å². The van der Waals surface area contributed by atoms with E-state index in [1.165, 1.54) is 74.5 Å². The maximum absolute atomic E-state index is 13.7. The third-order valence-corrected chi connectivity index (χ3v) is 10.8. The van der Waals surface area contributed by atoms with Crippen LogP contribution < -0.4 is 0 Å². The van der Waals surface area contributed by atoms with E-state index in [9.17, 15) is 25.3 Å². The lowest BCUT2D eigenvalue weighted by atomic mass is 10.2. The summed E-state index contributed by atoms with van der Waals surface area (Å²) in [6.45, 7) is 4.79. The van der Waals surface area contributed by atoms with Crippen molar-refractivity contribution in [3.63, 3.8) is 0 Å². The van der Waals surface area contributed by atoms with Crippen molar-refractivity contribution in [2.24, 2.45) is 0 Å². The lowest BCUT2D eigenvalue weighted by Crippen LogP contribution is -2.17. The van der Waals surface area contributed by atoms with Crippen LogP contribution in [-0.2, 0) is 29.5 Å². The molecule has 0 heterocycles. The van der Waals surface area contributed by atoms with E-state index >= 15 is 0 Å². The molecule has 0 amide bonds. The van der Waals surface area contributed by atoms with E-state index < -0.39 is 45.1 Å². The van der Waals surface area contributed by atoms with Crippen LogP contribution in [0.4, 0.5) is 0 Å². The largest absolute Gasteiger partial charge is 0.223 e. The molecule has 0 fully saturated rings. The highest BCUT2D eigenvalue weighted by molar-refractivity contribution is 8.00. The first-order valence-corrected chi connectivity index (χ1v) is 15.3. The van der Waals surface area contributed by atoms with E-state index in [-0.39, 0.29) is 20.3 Å². The summed E-state index contributed by atoms with van der Waals surface area (Å²) >= 11 is 0. The Morgan fingerprint density at radius 1 is 0.629 bits per heavy atom. The average molecular weight is 531 g/mol. The second-order valence-electron chi connectivity index (χ2n) is 8.12. The molecular formula is C26H26O6S3. The third-order valence-electron chi connectivity index (χ3n) is 5.21. The zero-order chi connectivity index (χ0) is 25.9. The maximum atomic E-state index is 13.7. The maximum Gasteiger partial charge on any atom is 0.207 e. The Morgan fingerprint density at radius 2 is 1.09 bits per heavy atom. The van der Waals surface area contributed by atoms with Crippen LogP contribution in [0.25, 0.3) is 0 Å². The Balaban J connectivity index is 2.26. The summed E-state index contributed by atoms with van der Waals surface area (Å²) in [6.07, 6.45) is 0.986. The molecule has 0 radical (unpaired) electrons. The zero-order valence-corrected chi connectivity index (χ0v) is 22.0. The van der Waals surface area contributed by atoms with Crippen molar-refractivity contribution in [3.8, 4) is 0 Å². The molecule has 0 saturated heterocycles. The van der Waals surface area contributed by atoms with Gasteiger partial charge in [-0.25, -0.2) is 25.3 Å². The number of allylic oxidation sites excluding steroid dienone is 1. The molecule has 0 N–H and O–H groups in total. The Morgan fingerprint density at radius 3 is 1.54 bits per heavy atom. The van der Waals surface area contributed by atoms with Gasteiger partial charge < -0.3 is 0 Å². The van der Waals surface area contributed by atoms with Crippen molar-refractivity contribution in [3.05, 3.63) is 112 Å². The van der Waals surface area contributed by atoms with E-state index in [1.807, 2.05) is 6.92 Å². The fourth-order valence-electron chi connectivity index (χ4n) is 3.44. The van der Waals surface area contributed by atoms with Gasteiger partial charge >= 0.3 is 0 Å². The summed E-state index contributed by atoms with van der Waals surface area (Å²) < 4.78 is 80.6. The second kappa shape index (κ2) is 10.3. The van der Waals surface area contributed by atoms with Gasteiger partial charge in [-0.3, -0.25) is 0 Å². The molecule has 0 aliphatic carbocycles. The number of hydrogen-bond donors (Lipinski definition) is 0. The quantitative estimate of drug-likeness (QED) is 0.384. The minimum absolute atomic E-state index is 0.0143. The van der Waals surface area contributed by atoms with Crippen LogP contribution in [0.15, 0.2) is 121 Å². The van der Waals surface area contributed by atoms with Gasteiger partial charge in [0.1, 0.15) is 0 Å². The SMILES string of the molecule is CC(C)=C(/C(=C/CS(=O)(=O)c1ccc(C)cc1)S(=O)(=O)c1ccccc1)S(=O)(=O)c1ccccc1. The van der Waals surface area contributed by atoms with Crippen LogP contribution in [0.2, 0.25) is 0 Å². The fraction of sp³-hybridized carbons (Fsp3) is 0.154. The van der Waals surface area contributed by atoms with Crippen molar-refractivity contribution in [1.29, 1.82) is 0 Å². The summed E-state index contributed by atoms with van der Waals surface area (Å²) in [4.78, 5) is -1.22. The Hall–Kier alpha value is -3.01. The van der Waals surface area contributed by atoms with Crippen molar-refractivity contribution in [1.82, 2.24) is 0 Å². The zero-order valence-electron chi connectivity index (χ0n) is 19.5. The molecule has 35 heavy (non-hydrogen) atoms. The first kappa shape index (κ1) is 26.6. The van der Waals surface area contributed by atoms with Gasteiger partial charge in [0, 0.05) is 0 Å². The first-order chi connectivity index (χ1) is 16.4. The van der Waals surface area contributed by atoms with Crippen LogP contribution in [0.1, 0.15) is 19.4 Å². The van der Waals surface area contributed by atoms with Crippen LogP contribution in [0.3, 0.4) is 0 Å². The lowest BCUT2D eigenvalue weighted by molar-refractivity contribution is 0.595. The van der Waals surface area contributed by atoms with Gasteiger partial charge in [0.25, 0.3) is 0 Å². The summed E-state index contributed by atoms with van der Waals surface area (Å²) in [6, 6.07) is 21.0. The van der Waals surface area contributed by atoms with Crippen LogP contribution in [0.5, 0.6) is 0 Å². The molecule has 0 atom stereocenters. The Labute approximate surface area is 207 Å².